The van der Waals surface area contributed by atoms with Crippen LogP contribution in [0.2, 0.25) is 0 Å². The van der Waals surface area contributed by atoms with Crippen molar-refractivity contribution >= 4 is 5.69 Å². The molecule has 3 fully saturated rings. The summed E-state index contributed by atoms with van der Waals surface area (Å²) >= 11 is 0. The zero-order valence-corrected chi connectivity index (χ0v) is 14.2. The first-order chi connectivity index (χ1) is 11.8. The lowest BCUT2D eigenvalue weighted by molar-refractivity contribution is 0.0248. The molecule has 1 aromatic carbocycles. The largest absolute Gasteiger partial charge is 0.494 e. The molecule has 3 aliphatic heterocycles. The van der Waals surface area contributed by atoms with Gasteiger partial charge in [-0.25, -0.2) is 0 Å². The molecule has 4 heteroatoms. The van der Waals surface area contributed by atoms with E-state index in [4.69, 9.17) is 10.5 Å². The number of methoxy groups -OCH3 is 1. The van der Waals surface area contributed by atoms with E-state index in [1.165, 1.54) is 37.1 Å². The average molecular weight is 323 g/mol. The van der Waals surface area contributed by atoms with Gasteiger partial charge in [-0.15, -0.1) is 0 Å². The standard InChI is InChI=1S/C20H25N3O/c1-24-20-16(5-2-6-17(20)21)19-15-7-10-23(11-8-15)18(19)12-14-4-3-9-22-13-14/h2-6,9,13,15,18-19H,7-8,10-12,21H2,1H3. The van der Waals surface area contributed by atoms with E-state index in [-0.39, 0.29) is 0 Å². The number of rotatable bonds is 4. The Kier molecular flexibility index (Phi) is 4.15. The third-order valence-electron chi connectivity index (χ3n) is 5.77. The van der Waals surface area contributed by atoms with Crippen LogP contribution in [0.5, 0.6) is 5.75 Å². The van der Waals surface area contributed by atoms with Gasteiger partial charge in [0.25, 0.3) is 0 Å². The van der Waals surface area contributed by atoms with Crippen molar-refractivity contribution in [2.45, 2.75) is 31.2 Å². The topological polar surface area (TPSA) is 51.4 Å². The minimum Gasteiger partial charge on any atom is -0.494 e. The molecule has 2 N–H and O–H groups in total. The fraction of sp³-hybridized carbons (Fsp3) is 0.450. The summed E-state index contributed by atoms with van der Waals surface area (Å²) in [6.07, 6.45) is 7.41. The Morgan fingerprint density at radius 3 is 2.75 bits per heavy atom. The van der Waals surface area contributed by atoms with E-state index in [0.29, 0.717) is 17.9 Å². The number of pyridine rings is 1. The van der Waals surface area contributed by atoms with Crippen LogP contribution in [-0.4, -0.2) is 36.1 Å². The van der Waals surface area contributed by atoms with Gasteiger partial charge in [0.05, 0.1) is 12.8 Å². The lowest BCUT2D eigenvalue weighted by atomic mass is 9.69. The zero-order chi connectivity index (χ0) is 16.5. The number of nitrogens with zero attached hydrogens (tertiary/aromatic N) is 2. The van der Waals surface area contributed by atoms with Crippen molar-refractivity contribution in [3.05, 3.63) is 53.9 Å². The Hall–Kier alpha value is -2.07. The summed E-state index contributed by atoms with van der Waals surface area (Å²) in [5.41, 5.74) is 9.52. The van der Waals surface area contributed by atoms with Gasteiger partial charge in [0.15, 0.2) is 0 Å². The predicted octanol–water partition coefficient (Wildman–Crippen LogP) is 3.09. The van der Waals surface area contributed by atoms with Crippen LogP contribution in [0.25, 0.3) is 0 Å². The van der Waals surface area contributed by atoms with Gasteiger partial charge in [-0.2, -0.15) is 0 Å². The highest BCUT2D eigenvalue weighted by atomic mass is 16.5. The van der Waals surface area contributed by atoms with Crippen LogP contribution in [0, 0.1) is 5.92 Å². The third kappa shape index (κ3) is 2.65. The normalized spacial score (nSPS) is 28.7. The van der Waals surface area contributed by atoms with E-state index < -0.39 is 0 Å². The van der Waals surface area contributed by atoms with Gasteiger partial charge >= 0.3 is 0 Å². The average Bonchev–Trinajstić information content (AvgIpc) is 2.63. The van der Waals surface area contributed by atoms with Gasteiger partial charge in [0.1, 0.15) is 5.75 Å². The minimum atomic E-state index is 0.478. The molecular weight excluding hydrogens is 298 g/mol. The highest BCUT2D eigenvalue weighted by Gasteiger charge is 2.43. The quantitative estimate of drug-likeness (QED) is 0.879. The Morgan fingerprint density at radius 2 is 2.04 bits per heavy atom. The fourth-order valence-electron chi connectivity index (χ4n) is 4.70. The van der Waals surface area contributed by atoms with Crippen molar-refractivity contribution in [1.82, 2.24) is 9.88 Å². The summed E-state index contributed by atoms with van der Waals surface area (Å²) in [4.78, 5) is 6.95. The summed E-state index contributed by atoms with van der Waals surface area (Å²) in [6.45, 7) is 2.41. The SMILES string of the molecule is COc1c(N)cccc1C1C2CCN(CC2)C1Cc1cccnc1. The first-order valence-corrected chi connectivity index (χ1v) is 8.83. The Bertz CT molecular complexity index is 695. The Morgan fingerprint density at radius 1 is 1.21 bits per heavy atom. The van der Waals surface area contributed by atoms with Crippen molar-refractivity contribution < 1.29 is 4.74 Å². The summed E-state index contributed by atoms with van der Waals surface area (Å²) in [5.74, 6) is 2.06. The highest BCUT2D eigenvalue weighted by Crippen LogP contribution is 2.48. The molecule has 0 spiro atoms. The molecule has 2 aromatic rings. The van der Waals surface area contributed by atoms with E-state index in [1.807, 2.05) is 24.5 Å². The fourth-order valence-corrected chi connectivity index (χ4v) is 4.70. The lowest BCUT2D eigenvalue weighted by Gasteiger charge is -2.51. The molecule has 126 valence electrons. The molecule has 0 radical (unpaired) electrons. The van der Waals surface area contributed by atoms with Crippen molar-refractivity contribution in [2.75, 3.05) is 25.9 Å². The zero-order valence-electron chi connectivity index (χ0n) is 14.2. The van der Waals surface area contributed by atoms with Crippen LogP contribution in [0.1, 0.15) is 29.9 Å². The number of hydrogen-bond donors (Lipinski definition) is 1. The number of aromatic nitrogens is 1. The number of nitrogens with two attached hydrogens (primary N) is 1. The highest BCUT2D eigenvalue weighted by molar-refractivity contribution is 5.58. The van der Waals surface area contributed by atoms with Gasteiger partial charge in [-0.3, -0.25) is 9.88 Å². The smallest absolute Gasteiger partial charge is 0.145 e. The number of ether oxygens (including phenoxy) is 1. The minimum absolute atomic E-state index is 0.478. The Balaban J connectivity index is 1.72. The van der Waals surface area contributed by atoms with E-state index in [0.717, 1.165) is 17.9 Å². The molecule has 2 bridgehead atoms. The maximum absolute atomic E-state index is 6.19. The van der Waals surface area contributed by atoms with Crippen molar-refractivity contribution in [3.63, 3.8) is 0 Å². The second-order valence-electron chi connectivity index (χ2n) is 7.00. The van der Waals surface area contributed by atoms with Crippen LogP contribution in [-0.2, 0) is 6.42 Å². The number of hydrogen-bond acceptors (Lipinski definition) is 4. The van der Waals surface area contributed by atoms with Gasteiger partial charge < -0.3 is 10.5 Å². The summed E-state index contributed by atoms with van der Waals surface area (Å²) in [5, 5.41) is 0. The number of anilines is 1. The van der Waals surface area contributed by atoms with E-state index in [2.05, 4.69) is 28.1 Å². The Labute approximate surface area is 143 Å². The molecule has 2 unspecified atom stereocenters. The first-order valence-electron chi connectivity index (χ1n) is 8.83. The number of benzene rings is 1. The number of para-hydroxylation sites is 1. The maximum Gasteiger partial charge on any atom is 0.145 e. The van der Waals surface area contributed by atoms with Gasteiger partial charge in [-0.05, 0) is 56.0 Å². The second-order valence-corrected chi connectivity index (χ2v) is 7.00. The molecule has 2 atom stereocenters. The summed E-state index contributed by atoms with van der Waals surface area (Å²) in [7, 11) is 1.73. The van der Waals surface area contributed by atoms with Crippen molar-refractivity contribution in [1.29, 1.82) is 0 Å². The van der Waals surface area contributed by atoms with Crippen LogP contribution in [0.3, 0.4) is 0 Å². The molecule has 0 aliphatic carbocycles. The maximum atomic E-state index is 6.19. The summed E-state index contributed by atoms with van der Waals surface area (Å²) < 4.78 is 5.68. The van der Waals surface area contributed by atoms with Crippen LogP contribution >= 0.6 is 0 Å². The second kappa shape index (κ2) is 6.44. The van der Waals surface area contributed by atoms with Gasteiger partial charge in [0, 0.05) is 29.9 Å². The molecule has 3 aliphatic rings. The number of nitrogen functional groups attached to an aromatic ring is 1. The monoisotopic (exact) mass is 323 g/mol. The predicted molar refractivity (Wildman–Crippen MR) is 96.2 cm³/mol. The lowest BCUT2D eigenvalue weighted by Crippen LogP contribution is -2.54. The molecule has 24 heavy (non-hydrogen) atoms. The molecule has 5 rings (SSSR count). The molecular formula is C20H25N3O. The van der Waals surface area contributed by atoms with Gasteiger partial charge in [0.2, 0.25) is 0 Å². The van der Waals surface area contributed by atoms with Crippen molar-refractivity contribution in [2.24, 2.45) is 5.92 Å². The van der Waals surface area contributed by atoms with Crippen LogP contribution in [0.4, 0.5) is 5.69 Å². The van der Waals surface area contributed by atoms with E-state index in [1.54, 1.807) is 7.11 Å². The van der Waals surface area contributed by atoms with Crippen LogP contribution < -0.4 is 10.5 Å². The molecule has 4 nitrogen and oxygen atoms in total. The third-order valence-corrected chi connectivity index (χ3v) is 5.77. The molecule has 3 saturated heterocycles. The van der Waals surface area contributed by atoms with Gasteiger partial charge in [-0.1, -0.05) is 18.2 Å². The van der Waals surface area contributed by atoms with E-state index >= 15 is 0 Å². The molecule has 1 aromatic heterocycles. The van der Waals surface area contributed by atoms with Crippen molar-refractivity contribution in [3.8, 4) is 5.75 Å². The summed E-state index contributed by atoms with van der Waals surface area (Å²) in [6, 6.07) is 10.9. The number of piperidine rings is 3. The molecule has 4 heterocycles. The van der Waals surface area contributed by atoms with E-state index in [9.17, 15) is 0 Å². The number of fused-ring (bicyclic) bond motifs is 3. The first kappa shape index (κ1) is 15.5. The molecule has 0 amide bonds. The molecule has 0 saturated carbocycles. The van der Waals surface area contributed by atoms with Crippen LogP contribution in [0.15, 0.2) is 42.7 Å².